The Balaban J connectivity index is 1.33. The molecule has 3 rings (SSSR count). The first-order valence-electron chi connectivity index (χ1n) is 15.0. The fraction of sp³-hybridized carbons (Fsp3) is 0.759. The van der Waals surface area contributed by atoms with Crippen molar-refractivity contribution in [1.82, 2.24) is 0 Å². The Hall–Kier alpha value is 1.11. The molecule has 240 valence electrons. The van der Waals surface area contributed by atoms with Crippen molar-refractivity contribution in [3.63, 3.8) is 0 Å². The zero-order valence-corrected chi connectivity index (χ0v) is 30.9. The normalized spacial score (nSPS) is 20.3. The van der Waals surface area contributed by atoms with Gasteiger partial charge in [0.1, 0.15) is 4.91 Å². The number of halogens is 1. The van der Waals surface area contributed by atoms with Gasteiger partial charge in [0.15, 0.2) is 0 Å². The molecule has 0 unspecified atom stereocenters. The standard InChI is InChI=1S/C29H45BrO6S6/c30-11-9-7-5-3-1-2-4-6-8-10-12-36-25(31)24-23-39-28(40-24)29-41-26-27(42-29)38-22-20-35-18-16-33-14-13-32-15-17-34-19-21-37-26/h23H,1-22H2. The molecule has 0 saturated carbocycles. The third-order valence-electron chi connectivity index (χ3n) is 6.18. The molecule has 3 aliphatic heterocycles. The zero-order valence-electron chi connectivity index (χ0n) is 24.4. The van der Waals surface area contributed by atoms with Gasteiger partial charge in [-0.15, -0.1) is 23.5 Å². The van der Waals surface area contributed by atoms with Gasteiger partial charge in [0, 0.05) is 16.8 Å². The van der Waals surface area contributed by atoms with Gasteiger partial charge in [0.2, 0.25) is 0 Å². The van der Waals surface area contributed by atoms with Gasteiger partial charge in [0.25, 0.3) is 0 Å². The molecule has 0 aromatic rings. The second-order valence-corrected chi connectivity index (χ2v) is 17.6. The van der Waals surface area contributed by atoms with Gasteiger partial charge in [-0.1, -0.05) is 114 Å². The lowest BCUT2D eigenvalue weighted by atomic mass is 10.1. The van der Waals surface area contributed by atoms with Gasteiger partial charge in [-0.05, 0) is 18.2 Å². The van der Waals surface area contributed by atoms with Crippen LogP contribution in [0.1, 0.15) is 64.2 Å². The van der Waals surface area contributed by atoms with Crippen molar-refractivity contribution in [1.29, 1.82) is 0 Å². The summed E-state index contributed by atoms with van der Waals surface area (Å²) in [6, 6.07) is 0. The van der Waals surface area contributed by atoms with Gasteiger partial charge in [-0.2, -0.15) is 0 Å². The molecule has 3 aliphatic rings. The number of carbonyl (C=O) groups excluding carboxylic acids is 1. The second-order valence-electron chi connectivity index (χ2n) is 9.56. The third kappa shape index (κ3) is 16.6. The fourth-order valence-electron chi connectivity index (χ4n) is 3.96. The maximum absolute atomic E-state index is 12.7. The highest BCUT2D eigenvalue weighted by molar-refractivity contribution is 9.09. The van der Waals surface area contributed by atoms with Crippen molar-refractivity contribution in [2.45, 2.75) is 64.2 Å². The van der Waals surface area contributed by atoms with E-state index in [4.69, 9.17) is 23.7 Å². The van der Waals surface area contributed by atoms with Crippen molar-refractivity contribution in [3.05, 3.63) is 27.3 Å². The number of esters is 1. The summed E-state index contributed by atoms with van der Waals surface area (Å²) in [6.07, 6.45) is 12.6. The summed E-state index contributed by atoms with van der Waals surface area (Å²) in [6.45, 7) is 5.40. The number of thioether (sulfide) groups is 6. The van der Waals surface area contributed by atoms with Crippen LogP contribution in [0.5, 0.6) is 0 Å². The molecule has 0 fully saturated rings. The monoisotopic (exact) mass is 760 g/mol. The molecule has 0 atom stereocenters. The van der Waals surface area contributed by atoms with Crippen LogP contribution in [0.4, 0.5) is 0 Å². The molecular weight excluding hydrogens is 717 g/mol. The van der Waals surface area contributed by atoms with Crippen LogP contribution in [-0.2, 0) is 28.5 Å². The number of hydrogen-bond acceptors (Lipinski definition) is 12. The van der Waals surface area contributed by atoms with Crippen molar-refractivity contribution in [2.24, 2.45) is 0 Å². The third-order valence-corrected chi connectivity index (χ3v) is 15.1. The van der Waals surface area contributed by atoms with Gasteiger partial charge in [-0.3, -0.25) is 0 Å². The summed E-state index contributed by atoms with van der Waals surface area (Å²) in [5.41, 5.74) is 0. The highest BCUT2D eigenvalue weighted by Crippen LogP contribution is 2.62. The first-order valence-corrected chi connectivity index (χ1v) is 21.4. The first-order chi connectivity index (χ1) is 20.8. The molecular formula is C29H45BrO6S6. The molecule has 0 aliphatic carbocycles. The summed E-state index contributed by atoms with van der Waals surface area (Å²) in [5.74, 6) is 1.59. The molecule has 0 spiro atoms. The highest BCUT2D eigenvalue weighted by atomic mass is 79.9. The van der Waals surface area contributed by atoms with E-state index in [1.807, 2.05) is 52.5 Å². The zero-order chi connectivity index (χ0) is 29.5. The molecule has 0 aromatic heterocycles. The van der Waals surface area contributed by atoms with Crippen LogP contribution in [0.2, 0.25) is 0 Å². The molecule has 42 heavy (non-hydrogen) atoms. The summed E-state index contributed by atoms with van der Waals surface area (Å²) in [7, 11) is 0. The van der Waals surface area contributed by atoms with E-state index >= 15 is 0 Å². The molecule has 0 radical (unpaired) electrons. The average Bonchev–Trinajstić information content (AvgIpc) is 3.65. The maximum Gasteiger partial charge on any atom is 0.345 e. The molecule has 3 heterocycles. The topological polar surface area (TPSA) is 63.2 Å². The first kappa shape index (κ1) is 37.6. The minimum atomic E-state index is -0.192. The van der Waals surface area contributed by atoms with E-state index in [2.05, 4.69) is 15.9 Å². The molecule has 13 heteroatoms. The summed E-state index contributed by atoms with van der Waals surface area (Å²) in [4.78, 5) is 13.4. The Morgan fingerprint density at radius 2 is 1.10 bits per heavy atom. The van der Waals surface area contributed by atoms with E-state index in [1.54, 1.807) is 23.5 Å². The van der Waals surface area contributed by atoms with E-state index in [1.165, 1.54) is 64.1 Å². The smallest absolute Gasteiger partial charge is 0.345 e. The van der Waals surface area contributed by atoms with Gasteiger partial charge >= 0.3 is 5.97 Å². The number of rotatable bonds is 13. The summed E-state index contributed by atoms with van der Waals surface area (Å²) in [5, 5.41) is 3.08. The van der Waals surface area contributed by atoms with Crippen LogP contribution >= 0.6 is 86.5 Å². The molecule has 6 nitrogen and oxygen atoms in total. The quantitative estimate of drug-likeness (QED) is 0.102. The maximum atomic E-state index is 12.7. The van der Waals surface area contributed by atoms with Crippen molar-refractivity contribution < 1.29 is 28.5 Å². The fourth-order valence-corrected chi connectivity index (χ4v) is 12.5. The Bertz CT molecular complexity index is 840. The van der Waals surface area contributed by atoms with Crippen molar-refractivity contribution in [3.8, 4) is 0 Å². The lowest BCUT2D eigenvalue weighted by molar-refractivity contribution is -0.138. The lowest BCUT2D eigenvalue weighted by Gasteiger charge is -2.09. The lowest BCUT2D eigenvalue weighted by Crippen LogP contribution is -2.13. The summed E-state index contributed by atoms with van der Waals surface area (Å²) >= 11 is 14.0. The number of ether oxygens (including phenoxy) is 5. The van der Waals surface area contributed by atoms with Crippen LogP contribution in [0.25, 0.3) is 0 Å². The van der Waals surface area contributed by atoms with Crippen LogP contribution in [-0.4, -0.2) is 82.3 Å². The summed E-state index contributed by atoms with van der Waals surface area (Å²) < 4.78 is 33.2. The predicted octanol–water partition coefficient (Wildman–Crippen LogP) is 9.43. The van der Waals surface area contributed by atoms with E-state index < -0.39 is 0 Å². The average molecular weight is 762 g/mol. The van der Waals surface area contributed by atoms with Crippen LogP contribution in [0, 0.1) is 0 Å². The van der Waals surface area contributed by atoms with Crippen molar-refractivity contribution >= 4 is 92.5 Å². The Kier molecular flexibility index (Phi) is 22.6. The molecule has 0 N–H and O–H groups in total. The Labute approximate surface area is 286 Å². The van der Waals surface area contributed by atoms with E-state index in [0.29, 0.717) is 64.4 Å². The molecule has 0 aromatic carbocycles. The van der Waals surface area contributed by atoms with Gasteiger partial charge in [-0.25, -0.2) is 4.79 Å². The minimum absolute atomic E-state index is 0.192. The Morgan fingerprint density at radius 1 is 0.619 bits per heavy atom. The number of carbonyl (C=O) groups is 1. The van der Waals surface area contributed by atoms with E-state index in [9.17, 15) is 4.79 Å². The van der Waals surface area contributed by atoms with Crippen molar-refractivity contribution in [2.75, 3.05) is 76.3 Å². The molecule has 0 saturated heterocycles. The molecule has 0 bridgehead atoms. The van der Waals surface area contributed by atoms with Crippen LogP contribution < -0.4 is 0 Å². The van der Waals surface area contributed by atoms with Gasteiger partial charge in [0.05, 0.1) is 76.4 Å². The SMILES string of the molecule is O=C(OCCCCCCCCCCCCBr)C1=CSC(=C2SC3=C(SCCOCCOCCOCCOCCS3)S2)S1. The number of alkyl halides is 1. The Morgan fingerprint density at radius 3 is 1.62 bits per heavy atom. The van der Waals surface area contributed by atoms with Gasteiger partial charge < -0.3 is 23.7 Å². The number of hydrogen-bond donors (Lipinski definition) is 0. The number of unbranched alkanes of at least 4 members (excludes halogenated alkanes) is 9. The molecule has 0 amide bonds. The predicted molar refractivity (Wildman–Crippen MR) is 192 cm³/mol. The van der Waals surface area contributed by atoms with Crippen LogP contribution in [0.15, 0.2) is 27.3 Å². The minimum Gasteiger partial charge on any atom is -0.462 e. The highest BCUT2D eigenvalue weighted by Gasteiger charge is 2.29. The van der Waals surface area contributed by atoms with Crippen LogP contribution in [0.3, 0.4) is 0 Å². The van der Waals surface area contributed by atoms with E-state index in [-0.39, 0.29) is 5.97 Å². The second kappa shape index (κ2) is 25.2. The van der Waals surface area contributed by atoms with E-state index in [0.717, 1.165) is 33.9 Å². The largest absolute Gasteiger partial charge is 0.462 e.